The predicted octanol–water partition coefficient (Wildman–Crippen LogP) is 2.04. The van der Waals surface area contributed by atoms with Gasteiger partial charge in [0.1, 0.15) is 28.4 Å². The first kappa shape index (κ1) is 16.6. The van der Waals surface area contributed by atoms with Crippen molar-refractivity contribution in [2.45, 2.75) is 18.9 Å². The fourth-order valence-electron chi connectivity index (χ4n) is 3.80. The van der Waals surface area contributed by atoms with Crippen LogP contribution in [0, 0.1) is 0 Å². The lowest BCUT2D eigenvalue weighted by atomic mass is 10.1. The molecule has 0 aliphatic carbocycles. The minimum absolute atomic E-state index is 0.0163. The smallest absolute Gasteiger partial charge is 0.157 e. The molecule has 2 N–H and O–H groups in total. The maximum Gasteiger partial charge on any atom is 0.157 e. The fraction of sp³-hybridized carbons (Fsp3) is 0.368. The highest BCUT2D eigenvalue weighted by molar-refractivity contribution is 6.33. The Hall–Kier alpha value is -2.51. The molecule has 3 aromatic rings. The van der Waals surface area contributed by atoms with Gasteiger partial charge in [-0.15, -0.1) is 0 Å². The van der Waals surface area contributed by atoms with Crippen molar-refractivity contribution in [1.82, 2.24) is 19.9 Å². The average Bonchev–Trinajstić information content (AvgIpc) is 2.97. The topological polar surface area (TPSA) is 74.9 Å². The minimum Gasteiger partial charge on any atom is -0.506 e. The monoisotopic (exact) mass is 385 g/mol. The Bertz CT molecular complexity index is 999. The van der Waals surface area contributed by atoms with Gasteiger partial charge in [-0.05, 0) is 25.1 Å². The SMILES string of the molecule is Oc1cccc(OC2CN(c3c4c(nc5ccnn35)CCNCC4)C2)c1Cl. The number of phenolic OH excluding ortho intramolecular Hbond substituents is 1. The van der Waals surface area contributed by atoms with Crippen molar-refractivity contribution < 1.29 is 9.84 Å². The van der Waals surface area contributed by atoms with E-state index in [1.807, 2.05) is 10.6 Å². The summed E-state index contributed by atoms with van der Waals surface area (Å²) in [6.45, 7) is 3.38. The van der Waals surface area contributed by atoms with Crippen LogP contribution in [-0.4, -0.2) is 52.0 Å². The van der Waals surface area contributed by atoms with Crippen LogP contribution in [0.5, 0.6) is 11.5 Å². The van der Waals surface area contributed by atoms with E-state index >= 15 is 0 Å². The van der Waals surface area contributed by atoms with Gasteiger partial charge in [0.2, 0.25) is 0 Å². The van der Waals surface area contributed by atoms with Gasteiger partial charge in [-0.25, -0.2) is 4.98 Å². The second-order valence-corrected chi connectivity index (χ2v) is 7.32. The number of halogens is 1. The largest absolute Gasteiger partial charge is 0.506 e. The van der Waals surface area contributed by atoms with Crippen LogP contribution in [0.3, 0.4) is 0 Å². The molecule has 1 saturated heterocycles. The first-order chi connectivity index (χ1) is 13.2. The molecule has 5 rings (SSSR count). The van der Waals surface area contributed by atoms with Crippen LogP contribution in [0.2, 0.25) is 5.02 Å². The Balaban J connectivity index is 1.42. The van der Waals surface area contributed by atoms with Crippen molar-refractivity contribution in [2.24, 2.45) is 0 Å². The van der Waals surface area contributed by atoms with Crippen molar-refractivity contribution in [3.63, 3.8) is 0 Å². The van der Waals surface area contributed by atoms with Crippen molar-refractivity contribution in [2.75, 3.05) is 31.1 Å². The highest BCUT2D eigenvalue weighted by Gasteiger charge is 2.34. The molecule has 2 aliphatic heterocycles. The molecule has 27 heavy (non-hydrogen) atoms. The van der Waals surface area contributed by atoms with Gasteiger partial charge in [-0.3, -0.25) is 0 Å². The van der Waals surface area contributed by atoms with E-state index in [9.17, 15) is 5.11 Å². The number of anilines is 1. The van der Waals surface area contributed by atoms with Crippen LogP contribution in [0.25, 0.3) is 5.65 Å². The van der Waals surface area contributed by atoms with E-state index in [-0.39, 0.29) is 16.9 Å². The number of phenols is 1. The first-order valence-corrected chi connectivity index (χ1v) is 9.54. The minimum atomic E-state index is 0.0163. The van der Waals surface area contributed by atoms with E-state index in [0.717, 1.165) is 56.2 Å². The normalized spacial score (nSPS) is 17.4. The quantitative estimate of drug-likeness (QED) is 0.718. The Labute approximate surface area is 161 Å². The van der Waals surface area contributed by atoms with Crippen molar-refractivity contribution in [1.29, 1.82) is 0 Å². The maximum absolute atomic E-state index is 9.74. The Kier molecular flexibility index (Phi) is 4.06. The molecule has 0 amide bonds. The zero-order valence-corrected chi connectivity index (χ0v) is 15.5. The molecule has 1 fully saturated rings. The van der Waals surface area contributed by atoms with Gasteiger partial charge < -0.3 is 20.1 Å². The van der Waals surface area contributed by atoms with Gasteiger partial charge in [0.05, 0.1) is 25.0 Å². The van der Waals surface area contributed by atoms with Crippen molar-refractivity contribution in [3.05, 3.63) is 46.7 Å². The van der Waals surface area contributed by atoms with Gasteiger partial charge in [0.25, 0.3) is 0 Å². The molecule has 0 saturated carbocycles. The summed E-state index contributed by atoms with van der Waals surface area (Å²) < 4.78 is 7.92. The molecule has 7 nitrogen and oxygen atoms in total. The van der Waals surface area contributed by atoms with Gasteiger partial charge in [-0.2, -0.15) is 9.61 Å². The summed E-state index contributed by atoms with van der Waals surface area (Å²) in [5.41, 5.74) is 3.31. The number of hydrogen-bond acceptors (Lipinski definition) is 6. The lowest BCUT2D eigenvalue weighted by Gasteiger charge is -2.41. The van der Waals surface area contributed by atoms with Gasteiger partial charge >= 0.3 is 0 Å². The third-order valence-electron chi connectivity index (χ3n) is 5.17. The van der Waals surface area contributed by atoms with E-state index in [4.69, 9.17) is 21.3 Å². The molecule has 4 heterocycles. The number of nitrogens with zero attached hydrogens (tertiary/aromatic N) is 4. The van der Waals surface area contributed by atoms with E-state index in [2.05, 4.69) is 15.3 Å². The summed E-state index contributed by atoms with van der Waals surface area (Å²) >= 11 is 6.13. The highest BCUT2D eigenvalue weighted by Crippen LogP contribution is 2.35. The van der Waals surface area contributed by atoms with Crippen LogP contribution < -0.4 is 15.0 Å². The second kappa shape index (κ2) is 6.58. The number of aromatic hydroxyl groups is 1. The average molecular weight is 386 g/mol. The molecule has 1 aromatic carbocycles. The molecule has 0 radical (unpaired) electrons. The number of benzene rings is 1. The van der Waals surface area contributed by atoms with Gasteiger partial charge in [0.15, 0.2) is 5.65 Å². The summed E-state index contributed by atoms with van der Waals surface area (Å²) in [7, 11) is 0. The van der Waals surface area contributed by atoms with Crippen LogP contribution in [0.1, 0.15) is 11.3 Å². The molecule has 8 heteroatoms. The zero-order valence-electron chi connectivity index (χ0n) is 14.7. The number of nitrogens with one attached hydrogen (secondary N) is 1. The summed E-state index contributed by atoms with van der Waals surface area (Å²) in [6, 6.07) is 7.01. The Morgan fingerprint density at radius 2 is 2.04 bits per heavy atom. The van der Waals surface area contributed by atoms with E-state index in [1.165, 1.54) is 5.56 Å². The zero-order chi connectivity index (χ0) is 18.4. The standard InChI is InChI=1S/C19H20ClN5O2/c20-18-15(26)2-1-3-16(18)27-12-10-24(11-12)19-13-4-7-21-8-5-14(13)23-17-6-9-22-25(17)19/h1-3,6,9,12,21,26H,4-5,7-8,10-11H2. The molecular weight excluding hydrogens is 366 g/mol. The van der Waals surface area contributed by atoms with Crippen LogP contribution >= 0.6 is 11.6 Å². The highest BCUT2D eigenvalue weighted by atomic mass is 35.5. The third-order valence-corrected chi connectivity index (χ3v) is 5.55. The second-order valence-electron chi connectivity index (χ2n) is 6.95. The van der Waals surface area contributed by atoms with Crippen LogP contribution in [0.15, 0.2) is 30.5 Å². The van der Waals surface area contributed by atoms with E-state index < -0.39 is 0 Å². The molecule has 0 atom stereocenters. The predicted molar refractivity (Wildman–Crippen MR) is 103 cm³/mol. The van der Waals surface area contributed by atoms with Gasteiger partial charge in [-0.1, -0.05) is 17.7 Å². The molecule has 0 unspecified atom stereocenters. The summed E-state index contributed by atoms with van der Waals surface area (Å²) in [5.74, 6) is 1.67. The number of hydrogen-bond donors (Lipinski definition) is 2. The van der Waals surface area contributed by atoms with E-state index in [0.29, 0.717) is 5.75 Å². The van der Waals surface area contributed by atoms with Gasteiger partial charge in [0, 0.05) is 24.6 Å². The molecular formula is C19H20ClN5O2. The van der Waals surface area contributed by atoms with Crippen molar-refractivity contribution >= 4 is 23.1 Å². The summed E-state index contributed by atoms with van der Waals surface area (Å²) in [4.78, 5) is 7.09. The molecule has 2 aromatic heterocycles. The third kappa shape index (κ3) is 2.87. The number of aromatic nitrogens is 3. The van der Waals surface area contributed by atoms with E-state index in [1.54, 1.807) is 24.4 Å². The van der Waals surface area contributed by atoms with Crippen LogP contribution in [-0.2, 0) is 12.8 Å². The summed E-state index contributed by atoms with van der Waals surface area (Å²) in [6.07, 6.45) is 3.68. The van der Waals surface area contributed by atoms with Crippen LogP contribution in [0.4, 0.5) is 5.82 Å². The lowest BCUT2D eigenvalue weighted by Crippen LogP contribution is -2.55. The van der Waals surface area contributed by atoms with Crippen molar-refractivity contribution in [3.8, 4) is 11.5 Å². The molecule has 0 bridgehead atoms. The first-order valence-electron chi connectivity index (χ1n) is 9.16. The molecule has 140 valence electrons. The molecule has 2 aliphatic rings. The lowest BCUT2D eigenvalue weighted by molar-refractivity contribution is 0.166. The Morgan fingerprint density at radius 3 is 2.93 bits per heavy atom. The Morgan fingerprint density at radius 1 is 1.19 bits per heavy atom. The molecule has 0 spiro atoms. The fourth-order valence-corrected chi connectivity index (χ4v) is 3.97. The number of ether oxygens (including phenoxy) is 1. The summed E-state index contributed by atoms with van der Waals surface area (Å²) in [5, 5.41) is 17.9. The number of fused-ring (bicyclic) bond motifs is 2. The number of rotatable bonds is 3. The maximum atomic E-state index is 9.74.